The number of carbonyl (C=O) groups excluding carboxylic acids is 4. The Balaban J connectivity index is 0.693. The van der Waals surface area contributed by atoms with E-state index < -0.39 is 6.04 Å². The molecule has 59 heavy (non-hydrogen) atoms. The SMILES string of the molecule is N#Cc1ccc(O[C@H]2CC[C@H](NC(=O)c3ccc(N4CCC(CN5CCN(c6ccc7c(c6)CN([C@H]6CCC(=O)NC6=O)C7=O)CC5)CC4)nn3)CC2)c2cccnc12. The number of aromatic nitrogens is 3. The average molecular weight is 797 g/mol. The van der Waals surface area contributed by atoms with Crippen molar-refractivity contribution in [3.63, 3.8) is 0 Å². The zero-order valence-electron chi connectivity index (χ0n) is 33.0. The van der Waals surface area contributed by atoms with Gasteiger partial charge in [0.15, 0.2) is 11.5 Å². The maximum atomic E-state index is 13.1. The summed E-state index contributed by atoms with van der Waals surface area (Å²) < 4.78 is 6.36. The summed E-state index contributed by atoms with van der Waals surface area (Å²) in [5.74, 6) is 1.10. The van der Waals surface area contributed by atoms with E-state index in [1.54, 1.807) is 23.2 Å². The third-order valence-electron chi connectivity index (χ3n) is 12.7. The third kappa shape index (κ3) is 8.14. The number of nitrogens with zero attached hydrogens (tertiary/aromatic N) is 8. The predicted molar refractivity (Wildman–Crippen MR) is 219 cm³/mol. The lowest BCUT2D eigenvalue weighted by atomic mass is 9.92. The number of anilines is 2. The van der Waals surface area contributed by atoms with Crippen molar-refractivity contribution < 1.29 is 23.9 Å². The van der Waals surface area contributed by atoms with Crippen LogP contribution < -0.4 is 25.2 Å². The van der Waals surface area contributed by atoms with Crippen molar-refractivity contribution in [3.05, 3.63) is 83.2 Å². The monoisotopic (exact) mass is 796 g/mol. The summed E-state index contributed by atoms with van der Waals surface area (Å²) in [5.41, 5.74) is 4.16. The molecule has 0 bridgehead atoms. The highest BCUT2D eigenvalue weighted by atomic mass is 16.5. The van der Waals surface area contributed by atoms with Crippen molar-refractivity contribution in [3.8, 4) is 11.8 Å². The van der Waals surface area contributed by atoms with Crippen LogP contribution in [0.5, 0.6) is 5.75 Å². The van der Waals surface area contributed by atoms with Crippen molar-refractivity contribution in [1.29, 1.82) is 5.26 Å². The first-order valence-electron chi connectivity index (χ1n) is 20.9. The number of nitriles is 1. The van der Waals surface area contributed by atoms with Crippen LogP contribution in [0.1, 0.15) is 83.3 Å². The van der Waals surface area contributed by atoms with Crippen LogP contribution in [-0.2, 0) is 16.1 Å². The number of amides is 4. The van der Waals surface area contributed by atoms with E-state index in [0.29, 0.717) is 41.2 Å². The Labute approximate surface area is 342 Å². The first kappa shape index (κ1) is 38.4. The molecule has 9 rings (SSSR count). The normalized spacial score (nSPS) is 22.9. The fraction of sp³-hybridized carbons (Fsp3) is 0.455. The summed E-state index contributed by atoms with van der Waals surface area (Å²) in [6.45, 7) is 6.99. The lowest BCUT2D eigenvalue weighted by Crippen LogP contribution is -2.52. The Bertz CT molecular complexity index is 2290. The molecule has 15 nitrogen and oxygen atoms in total. The molecule has 304 valence electrons. The maximum Gasteiger partial charge on any atom is 0.272 e. The Hall–Kier alpha value is -6.14. The molecule has 5 aliphatic rings. The molecule has 4 aromatic rings. The van der Waals surface area contributed by atoms with Gasteiger partial charge in [0.25, 0.3) is 11.8 Å². The van der Waals surface area contributed by atoms with Gasteiger partial charge in [0.1, 0.15) is 17.9 Å². The fourth-order valence-electron chi connectivity index (χ4n) is 9.37. The van der Waals surface area contributed by atoms with Gasteiger partial charge in [-0.25, -0.2) is 0 Å². The van der Waals surface area contributed by atoms with E-state index >= 15 is 0 Å². The Morgan fingerprint density at radius 1 is 0.881 bits per heavy atom. The molecule has 15 heteroatoms. The van der Waals surface area contributed by atoms with E-state index in [1.807, 2.05) is 36.4 Å². The molecule has 0 spiro atoms. The molecule has 2 aromatic heterocycles. The predicted octanol–water partition coefficient (Wildman–Crippen LogP) is 3.82. The molecule has 1 aliphatic carbocycles. The first-order chi connectivity index (χ1) is 28.8. The number of ether oxygens (including phenoxy) is 1. The number of fused-ring (bicyclic) bond motifs is 2. The standard InChI is InChI=1S/C44H48N10O5/c45-25-29-3-12-38(35-2-1-17-46-41(29)35)59-33-7-4-31(5-8-33)47-42(56)36-10-13-39(50-49-36)53-18-15-28(16-19-53)26-51-20-22-52(23-21-51)32-6-9-34-30(24-32)27-54(44(34)58)37-11-14-40(55)48-43(37)57/h1-3,6,9-10,12-13,17,24,28,31,33,37H,4-5,7-8,11,14-16,18-23,26-27H2,(H,47,56)(H,48,55,57)/t31-,33-,37-/m0/s1. The summed E-state index contributed by atoms with van der Waals surface area (Å²) in [6, 6.07) is 18.7. The Morgan fingerprint density at radius 2 is 1.69 bits per heavy atom. The minimum atomic E-state index is -0.605. The summed E-state index contributed by atoms with van der Waals surface area (Å²) >= 11 is 0. The molecule has 0 radical (unpaired) electrons. The largest absolute Gasteiger partial charge is 0.490 e. The highest BCUT2D eigenvalue weighted by molar-refractivity contribution is 6.05. The summed E-state index contributed by atoms with van der Waals surface area (Å²) in [7, 11) is 0. The van der Waals surface area contributed by atoms with Crippen molar-refractivity contribution in [1.82, 2.24) is 35.6 Å². The number of rotatable bonds is 9. The Kier molecular flexibility index (Phi) is 10.8. The van der Waals surface area contributed by atoms with Gasteiger partial charge in [0.2, 0.25) is 11.8 Å². The van der Waals surface area contributed by atoms with Gasteiger partial charge in [0.05, 0.1) is 17.2 Å². The average Bonchev–Trinajstić information content (AvgIpc) is 3.59. The minimum absolute atomic E-state index is 0.0214. The number of piperazine rings is 1. The number of benzene rings is 2. The molecule has 6 heterocycles. The quantitative estimate of drug-likeness (QED) is 0.235. The van der Waals surface area contributed by atoms with Crippen LogP contribution >= 0.6 is 0 Å². The lowest BCUT2D eigenvalue weighted by Gasteiger charge is -2.39. The second-order valence-corrected chi connectivity index (χ2v) is 16.4. The molecule has 4 aliphatic heterocycles. The molecule has 2 aromatic carbocycles. The topological polar surface area (TPSA) is 177 Å². The number of pyridine rings is 1. The van der Waals surface area contributed by atoms with Crippen molar-refractivity contribution in [2.45, 2.75) is 76.1 Å². The number of nitrogens with one attached hydrogen (secondary N) is 2. The van der Waals surface area contributed by atoms with Crippen molar-refractivity contribution in [2.24, 2.45) is 5.92 Å². The van der Waals surface area contributed by atoms with Gasteiger partial charge in [0, 0.05) is 87.7 Å². The van der Waals surface area contributed by atoms with Crippen LogP contribution in [0.3, 0.4) is 0 Å². The smallest absolute Gasteiger partial charge is 0.272 e. The highest BCUT2D eigenvalue weighted by Crippen LogP contribution is 2.33. The zero-order chi connectivity index (χ0) is 40.5. The van der Waals surface area contributed by atoms with Gasteiger partial charge in [-0.1, -0.05) is 0 Å². The third-order valence-corrected chi connectivity index (χ3v) is 12.7. The van der Waals surface area contributed by atoms with Gasteiger partial charge < -0.3 is 24.8 Å². The summed E-state index contributed by atoms with van der Waals surface area (Å²) in [6.07, 6.45) is 7.65. The number of hydrogen-bond acceptors (Lipinski definition) is 12. The number of imide groups is 1. The van der Waals surface area contributed by atoms with E-state index in [2.05, 4.69) is 52.7 Å². The van der Waals surface area contributed by atoms with Crippen LogP contribution in [0, 0.1) is 17.2 Å². The second-order valence-electron chi connectivity index (χ2n) is 16.4. The fourth-order valence-corrected chi connectivity index (χ4v) is 9.37. The first-order valence-corrected chi connectivity index (χ1v) is 20.9. The lowest BCUT2D eigenvalue weighted by molar-refractivity contribution is -0.136. The van der Waals surface area contributed by atoms with Gasteiger partial charge in [-0.05, 0) is 111 Å². The minimum Gasteiger partial charge on any atom is -0.490 e. The zero-order valence-corrected chi connectivity index (χ0v) is 33.0. The van der Waals surface area contributed by atoms with Crippen LogP contribution in [0.15, 0.2) is 60.8 Å². The molecule has 3 saturated heterocycles. The molecule has 4 amide bonds. The van der Waals surface area contributed by atoms with Gasteiger partial charge in [-0.15, -0.1) is 10.2 Å². The maximum absolute atomic E-state index is 13.1. The number of hydrogen-bond donors (Lipinski definition) is 2. The van der Waals surface area contributed by atoms with Gasteiger partial charge in [-0.3, -0.25) is 34.4 Å². The number of carbonyl (C=O) groups is 4. The van der Waals surface area contributed by atoms with E-state index in [9.17, 15) is 24.4 Å². The highest BCUT2D eigenvalue weighted by Gasteiger charge is 2.39. The van der Waals surface area contributed by atoms with Crippen LogP contribution in [0.25, 0.3) is 10.9 Å². The van der Waals surface area contributed by atoms with Crippen LogP contribution in [0.2, 0.25) is 0 Å². The van der Waals surface area contributed by atoms with E-state index in [1.165, 1.54) is 0 Å². The van der Waals surface area contributed by atoms with E-state index in [-0.39, 0.29) is 42.2 Å². The molecular weight excluding hydrogens is 749 g/mol. The molecule has 1 saturated carbocycles. The van der Waals surface area contributed by atoms with Crippen molar-refractivity contribution in [2.75, 3.05) is 55.6 Å². The van der Waals surface area contributed by atoms with Gasteiger partial charge >= 0.3 is 0 Å². The Morgan fingerprint density at radius 3 is 2.44 bits per heavy atom. The second kappa shape index (κ2) is 16.6. The number of piperidine rings is 2. The van der Waals surface area contributed by atoms with Crippen LogP contribution in [-0.4, -0.2) is 113 Å². The van der Waals surface area contributed by atoms with E-state index in [4.69, 9.17) is 4.74 Å². The molecule has 4 fully saturated rings. The molecule has 1 atom stereocenters. The molecule has 2 N–H and O–H groups in total. The summed E-state index contributed by atoms with van der Waals surface area (Å²) in [4.78, 5) is 63.5. The van der Waals surface area contributed by atoms with E-state index in [0.717, 1.165) is 113 Å². The van der Waals surface area contributed by atoms with Crippen molar-refractivity contribution >= 4 is 46.0 Å². The molecule has 0 unspecified atom stereocenters. The van der Waals surface area contributed by atoms with Gasteiger partial charge in [-0.2, -0.15) is 5.26 Å². The van der Waals surface area contributed by atoms with Crippen LogP contribution in [0.4, 0.5) is 11.5 Å². The summed E-state index contributed by atoms with van der Waals surface area (Å²) in [5, 5.41) is 24.6. The molecular formula is C44H48N10O5.